The number of carbonyl (C=O) groups excluding carboxylic acids is 1. The minimum atomic E-state index is 0.212. The number of aliphatic hydroxyl groups excluding tert-OH is 2. The van der Waals surface area contributed by atoms with Gasteiger partial charge in [-0.2, -0.15) is 0 Å². The van der Waals surface area contributed by atoms with Crippen molar-refractivity contribution < 1.29 is 15.0 Å². The van der Waals surface area contributed by atoms with Gasteiger partial charge in [0.2, 0.25) is 0 Å². The molecule has 0 fully saturated rings. The maximum Gasteiger partial charge on any atom is 0.120 e. The molecule has 0 aromatic heterocycles. The van der Waals surface area contributed by atoms with Gasteiger partial charge in [0.25, 0.3) is 0 Å². The molecular weight excluding hydrogens is 264 g/mol. The SMILES string of the molecule is C=C(O)CCc1ccc(C(=C)CCC=O)cc1.CC.CO. The Bertz CT molecular complexity index is 405. The Morgan fingerprint density at radius 1 is 1.10 bits per heavy atom. The Kier molecular flexibility index (Phi) is 14.8. The summed E-state index contributed by atoms with van der Waals surface area (Å²) in [7, 11) is 1.00. The van der Waals surface area contributed by atoms with Crippen molar-refractivity contribution in [3.05, 3.63) is 54.3 Å². The van der Waals surface area contributed by atoms with E-state index in [0.717, 1.165) is 36.5 Å². The Balaban J connectivity index is 0. The number of aldehydes is 1. The van der Waals surface area contributed by atoms with Gasteiger partial charge in [-0.3, -0.25) is 0 Å². The standard InChI is InChI=1S/C15H18O2.C2H6.CH4O/c1-12(4-3-11-16)15-9-7-14(8-10-15)6-5-13(2)17;2*1-2/h7-11,17H,1-6H2;1-2H3;2H,1H3. The first kappa shape index (κ1) is 21.4. The minimum absolute atomic E-state index is 0.212. The first-order valence-electron chi connectivity index (χ1n) is 7.15. The molecule has 0 saturated carbocycles. The van der Waals surface area contributed by atoms with Gasteiger partial charge < -0.3 is 15.0 Å². The highest BCUT2D eigenvalue weighted by Gasteiger charge is 2.00. The van der Waals surface area contributed by atoms with Gasteiger partial charge >= 0.3 is 0 Å². The van der Waals surface area contributed by atoms with E-state index in [1.807, 2.05) is 38.1 Å². The second-order valence-corrected chi connectivity index (χ2v) is 4.07. The van der Waals surface area contributed by atoms with E-state index in [0.29, 0.717) is 19.3 Å². The first-order valence-corrected chi connectivity index (χ1v) is 7.15. The fraction of sp³-hybridized carbons (Fsp3) is 0.389. The van der Waals surface area contributed by atoms with Gasteiger partial charge in [0.15, 0.2) is 0 Å². The molecule has 0 saturated heterocycles. The third-order valence-electron chi connectivity index (χ3n) is 2.63. The van der Waals surface area contributed by atoms with Gasteiger partial charge in [-0.15, -0.1) is 0 Å². The van der Waals surface area contributed by atoms with Crippen LogP contribution in [0.4, 0.5) is 0 Å². The van der Waals surface area contributed by atoms with Crippen LogP contribution in [0.5, 0.6) is 0 Å². The maximum absolute atomic E-state index is 10.3. The van der Waals surface area contributed by atoms with Gasteiger partial charge in [0.05, 0.1) is 5.76 Å². The molecule has 1 rings (SSSR count). The molecule has 1 aromatic carbocycles. The number of carbonyl (C=O) groups is 1. The third kappa shape index (κ3) is 10.6. The van der Waals surface area contributed by atoms with E-state index in [4.69, 9.17) is 10.2 Å². The minimum Gasteiger partial charge on any atom is -0.513 e. The van der Waals surface area contributed by atoms with Crippen LogP contribution in [0, 0.1) is 0 Å². The second-order valence-electron chi connectivity index (χ2n) is 4.07. The summed E-state index contributed by atoms with van der Waals surface area (Å²) in [6.45, 7) is 11.4. The molecule has 0 aliphatic heterocycles. The van der Waals surface area contributed by atoms with E-state index in [2.05, 4.69) is 13.2 Å². The summed E-state index contributed by atoms with van der Waals surface area (Å²) in [6, 6.07) is 8.04. The first-order chi connectivity index (χ1) is 10.1. The van der Waals surface area contributed by atoms with Crippen LogP contribution in [0.25, 0.3) is 5.57 Å². The zero-order chi connectivity index (χ0) is 16.7. The molecule has 0 radical (unpaired) electrons. The number of hydrogen-bond acceptors (Lipinski definition) is 3. The average Bonchev–Trinajstić information content (AvgIpc) is 2.55. The fourth-order valence-electron chi connectivity index (χ4n) is 1.57. The van der Waals surface area contributed by atoms with Gasteiger partial charge in [-0.05, 0) is 29.5 Å². The monoisotopic (exact) mass is 292 g/mol. The van der Waals surface area contributed by atoms with Crippen LogP contribution in [0.3, 0.4) is 0 Å². The lowest BCUT2D eigenvalue weighted by molar-refractivity contribution is -0.107. The van der Waals surface area contributed by atoms with Gasteiger partial charge in [0.1, 0.15) is 6.29 Å². The van der Waals surface area contributed by atoms with E-state index in [-0.39, 0.29) is 5.76 Å². The normalized spacial score (nSPS) is 8.57. The van der Waals surface area contributed by atoms with Gasteiger partial charge in [0, 0.05) is 20.0 Å². The molecule has 0 atom stereocenters. The van der Waals surface area contributed by atoms with Crippen LogP contribution in [0.2, 0.25) is 0 Å². The molecule has 0 aliphatic carbocycles. The third-order valence-corrected chi connectivity index (χ3v) is 2.63. The van der Waals surface area contributed by atoms with Crippen LogP contribution in [-0.4, -0.2) is 23.6 Å². The van der Waals surface area contributed by atoms with Crippen LogP contribution in [0.15, 0.2) is 43.2 Å². The molecule has 0 aliphatic rings. The Hall–Kier alpha value is -1.87. The second kappa shape index (κ2) is 14.5. The summed E-state index contributed by atoms with van der Waals surface area (Å²) >= 11 is 0. The molecule has 21 heavy (non-hydrogen) atoms. The molecule has 0 amide bonds. The predicted octanol–water partition coefficient (Wildman–Crippen LogP) is 4.32. The molecule has 0 unspecified atom stereocenters. The van der Waals surface area contributed by atoms with Crippen molar-refractivity contribution in [3.63, 3.8) is 0 Å². The van der Waals surface area contributed by atoms with Crippen molar-refractivity contribution in [1.29, 1.82) is 0 Å². The smallest absolute Gasteiger partial charge is 0.120 e. The molecule has 118 valence electrons. The molecule has 0 heterocycles. The molecule has 2 N–H and O–H groups in total. The quantitative estimate of drug-likeness (QED) is 0.581. The van der Waals surface area contributed by atoms with Crippen molar-refractivity contribution in [1.82, 2.24) is 0 Å². The van der Waals surface area contributed by atoms with Gasteiger partial charge in [-0.1, -0.05) is 51.3 Å². The molecular formula is C18H28O3. The zero-order valence-corrected chi connectivity index (χ0v) is 13.4. The lowest BCUT2D eigenvalue weighted by Crippen LogP contribution is -1.89. The van der Waals surface area contributed by atoms with Crippen molar-refractivity contribution in [2.75, 3.05) is 7.11 Å². The summed E-state index contributed by atoms with van der Waals surface area (Å²) < 4.78 is 0. The number of rotatable bonds is 7. The van der Waals surface area contributed by atoms with Crippen LogP contribution in [0.1, 0.15) is 44.2 Å². The largest absolute Gasteiger partial charge is 0.513 e. The molecule has 3 heteroatoms. The van der Waals surface area contributed by atoms with E-state index in [1.165, 1.54) is 0 Å². The average molecular weight is 292 g/mol. The summed E-state index contributed by atoms with van der Waals surface area (Å²) in [5, 5.41) is 16.0. The summed E-state index contributed by atoms with van der Waals surface area (Å²) in [4.78, 5) is 10.3. The number of aryl methyl sites for hydroxylation is 1. The molecule has 0 bridgehead atoms. The predicted molar refractivity (Wildman–Crippen MR) is 90.4 cm³/mol. The maximum atomic E-state index is 10.3. The topological polar surface area (TPSA) is 57.5 Å². The van der Waals surface area contributed by atoms with Crippen molar-refractivity contribution in [3.8, 4) is 0 Å². The molecule has 1 aromatic rings. The van der Waals surface area contributed by atoms with Crippen molar-refractivity contribution in [2.24, 2.45) is 0 Å². The van der Waals surface area contributed by atoms with Crippen LogP contribution in [-0.2, 0) is 11.2 Å². The summed E-state index contributed by atoms with van der Waals surface area (Å²) in [5.41, 5.74) is 3.21. The Labute approximate surface area is 128 Å². The lowest BCUT2D eigenvalue weighted by atomic mass is 10.0. The van der Waals surface area contributed by atoms with E-state index in [1.54, 1.807) is 0 Å². The summed E-state index contributed by atoms with van der Waals surface area (Å²) in [5.74, 6) is 0.212. The van der Waals surface area contributed by atoms with Gasteiger partial charge in [-0.25, -0.2) is 0 Å². The van der Waals surface area contributed by atoms with Crippen molar-refractivity contribution >= 4 is 11.9 Å². The fourth-order valence-corrected chi connectivity index (χ4v) is 1.57. The van der Waals surface area contributed by atoms with Crippen LogP contribution < -0.4 is 0 Å². The van der Waals surface area contributed by atoms with E-state index < -0.39 is 0 Å². The highest BCUT2D eigenvalue weighted by molar-refractivity contribution is 5.66. The number of allylic oxidation sites excluding steroid dienone is 2. The number of hydrogen-bond donors (Lipinski definition) is 2. The Morgan fingerprint density at radius 2 is 1.62 bits per heavy atom. The molecule has 3 nitrogen and oxygen atoms in total. The summed E-state index contributed by atoms with van der Waals surface area (Å²) in [6.07, 6.45) is 3.51. The highest BCUT2D eigenvalue weighted by Crippen LogP contribution is 2.18. The number of benzene rings is 1. The highest BCUT2D eigenvalue weighted by atomic mass is 16.3. The van der Waals surface area contributed by atoms with E-state index >= 15 is 0 Å². The van der Waals surface area contributed by atoms with Crippen LogP contribution >= 0.6 is 0 Å². The Morgan fingerprint density at radius 3 is 2.05 bits per heavy atom. The van der Waals surface area contributed by atoms with Crippen molar-refractivity contribution in [2.45, 2.75) is 39.5 Å². The van der Waals surface area contributed by atoms with E-state index in [9.17, 15) is 4.79 Å². The zero-order valence-electron chi connectivity index (χ0n) is 13.4. The number of aliphatic hydroxyl groups is 2. The lowest BCUT2D eigenvalue weighted by Gasteiger charge is -2.06. The molecule has 0 spiro atoms.